The first-order valence-electron chi connectivity index (χ1n) is 9.32. The standard InChI is InChI=1S/C23H17ClFN3O2/c24-19-14-18(10-11-20(19)25)26-21(29)12-13-22-27-23(28-30-22)17-8-6-16(7-9-17)15-4-2-1-3-5-15/h1-11,14H,12-13H2,(H,26,29). The second-order valence-electron chi connectivity index (χ2n) is 6.63. The molecule has 0 unspecified atom stereocenters. The molecule has 30 heavy (non-hydrogen) atoms. The Morgan fingerprint density at radius 3 is 2.40 bits per heavy atom. The highest BCUT2D eigenvalue weighted by atomic mass is 35.5. The fourth-order valence-corrected chi connectivity index (χ4v) is 3.11. The Balaban J connectivity index is 1.36. The largest absolute Gasteiger partial charge is 0.339 e. The Morgan fingerprint density at radius 2 is 1.67 bits per heavy atom. The van der Waals surface area contributed by atoms with Gasteiger partial charge in [0.2, 0.25) is 17.6 Å². The Morgan fingerprint density at radius 1 is 0.967 bits per heavy atom. The minimum absolute atomic E-state index is 0.0485. The molecular weight excluding hydrogens is 405 g/mol. The fraction of sp³-hybridized carbons (Fsp3) is 0.0870. The number of nitrogens with one attached hydrogen (secondary N) is 1. The molecule has 1 N–H and O–H groups in total. The van der Waals surface area contributed by atoms with E-state index in [9.17, 15) is 9.18 Å². The molecule has 4 aromatic rings. The molecule has 4 rings (SSSR count). The van der Waals surface area contributed by atoms with Crippen LogP contribution in [0.15, 0.2) is 77.3 Å². The van der Waals surface area contributed by atoms with Gasteiger partial charge < -0.3 is 9.84 Å². The third-order valence-electron chi connectivity index (χ3n) is 4.49. The molecule has 1 heterocycles. The summed E-state index contributed by atoms with van der Waals surface area (Å²) in [7, 11) is 0. The average molecular weight is 422 g/mol. The molecule has 1 amide bonds. The molecule has 0 bridgehead atoms. The van der Waals surface area contributed by atoms with Gasteiger partial charge in [-0.2, -0.15) is 4.98 Å². The van der Waals surface area contributed by atoms with Crippen LogP contribution >= 0.6 is 11.6 Å². The highest BCUT2D eigenvalue weighted by Gasteiger charge is 2.12. The average Bonchev–Trinajstić information content (AvgIpc) is 3.25. The predicted molar refractivity (Wildman–Crippen MR) is 114 cm³/mol. The fourth-order valence-electron chi connectivity index (χ4n) is 2.93. The monoisotopic (exact) mass is 421 g/mol. The number of halogens is 2. The summed E-state index contributed by atoms with van der Waals surface area (Å²) in [6.45, 7) is 0. The first-order valence-corrected chi connectivity index (χ1v) is 9.69. The summed E-state index contributed by atoms with van der Waals surface area (Å²) in [5, 5.41) is 6.61. The van der Waals surface area contributed by atoms with Crippen LogP contribution in [0.5, 0.6) is 0 Å². The number of rotatable bonds is 6. The summed E-state index contributed by atoms with van der Waals surface area (Å²) < 4.78 is 18.4. The summed E-state index contributed by atoms with van der Waals surface area (Å²) in [6, 6.07) is 21.9. The summed E-state index contributed by atoms with van der Waals surface area (Å²) in [5.41, 5.74) is 3.48. The molecule has 0 saturated heterocycles. The van der Waals surface area contributed by atoms with Gasteiger partial charge in [-0.3, -0.25) is 4.79 Å². The number of hydrogen-bond donors (Lipinski definition) is 1. The van der Waals surface area contributed by atoms with Crippen molar-refractivity contribution in [3.05, 3.63) is 89.5 Å². The smallest absolute Gasteiger partial charge is 0.227 e. The molecule has 0 saturated carbocycles. The van der Waals surface area contributed by atoms with E-state index >= 15 is 0 Å². The van der Waals surface area contributed by atoms with Crippen molar-refractivity contribution in [3.8, 4) is 22.5 Å². The van der Waals surface area contributed by atoms with Crippen molar-refractivity contribution in [2.45, 2.75) is 12.8 Å². The number of amides is 1. The number of carbonyl (C=O) groups is 1. The molecule has 150 valence electrons. The summed E-state index contributed by atoms with van der Waals surface area (Å²) in [5.74, 6) is 0.0363. The molecule has 7 heteroatoms. The van der Waals surface area contributed by atoms with E-state index in [4.69, 9.17) is 16.1 Å². The van der Waals surface area contributed by atoms with Crippen LogP contribution < -0.4 is 5.32 Å². The highest BCUT2D eigenvalue weighted by Crippen LogP contribution is 2.23. The van der Waals surface area contributed by atoms with E-state index in [1.54, 1.807) is 0 Å². The lowest BCUT2D eigenvalue weighted by atomic mass is 10.0. The molecule has 5 nitrogen and oxygen atoms in total. The lowest BCUT2D eigenvalue weighted by molar-refractivity contribution is -0.116. The van der Waals surface area contributed by atoms with Gasteiger partial charge in [0.05, 0.1) is 5.02 Å². The van der Waals surface area contributed by atoms with E-state index < -0.39 is 5.82 Å². The van der Waals surface area contributed by atoms with Crippen LogP contribution in [-0.4, -0.2) is 16.0 Å². The normalized spacial score (nSPS) is 10.7. The van der Waals surface area contributed by atoms with Crippen molar-refractivity contribution in [3.63, 3.8) is 0 Å². The van der Waals surface area contributed by atoms with Crippen LogP contribution in [0.4, 0.5) is 10.1 Å². The minimum atomic E-state index is -0.537. The zero-order valence-corrected chi connectivity index (χ0v) is 16.6. The van der Waals surface area contributed by atoms with Crippen LogP contribution in [-0.2, 0) is 11.2 Å². The Bertz CT molecular complexity index is 1160. The first-order chi connectivity index (χ1) is 14.6. The van der Waals surface area contributed by atoms with Crippen molar-refractivity contribution < 1.29 is 13.7 Å². The van der Waals surface area contributed by atoms with Gasteiger partial charge in [-0.25, -0.2) is 4.39 Å². The first kappa shape index (κ1) is 19.8. The van der Waals surface area contributed by atoms with Crippen molar-refractivity contribution in [1.29, 1.82) is 0 Å². The maximum absolute atomic E-state index is 13.2. The third kappa shape index (κ3) is 4.72. The molecule has 0 fully saturated rings. The molecule has 1 aromatic heterocycles. The van der Waals surface area contributed by atoms with Crippen molar-refractivity contribution in [1.82, 2.24) is 10.1 Å². The number of benzene rings is 3. The van der Waals surface area contributed by atoms with Crippen LogP contribution in [0.3, 0.4) is 0 Å². The van der Waals surface area contributed by atoms with Gasteiger partial charge in [-0.15, -0.1) is 0 Å². The number of aryl methyl sites for hydroxylation is 1. The molecule has 0 aliphatic rings. The maximum Gasteiger partial charge on any atom is 0.227 e. The zero-order valence-electron chi connectivity index (χ0n) is 15.8. The Labute approximate surface area is 177 Å². The van der Waals surface area contributed by atoms with Crippen LogP contribution in [0.1, 0.15) is 12.3 Å². The van der Waals surface area contributed by atoms with E-state index in [-0.39, 0.29) is 23.8 Å². The zero-order chi connectivity index (χ0) is 20.9. The van der Waals surface area contributed by atoms with Gasteiger partial charge in [0.25, 0.3) is 0 Å². The Kier molecular flexibility index (Phi) is 5.86. The van der Waals surface area contributed by atoms with E-state index in [1.165, 1.54) is 18.2 Å². The second kappa shape index (κ2) is 8.88. The number of anilines is 1. The van der Waals surface area contributed by atoms with E-state index in [0.29, 0.717) is 17.4 Å². The van der Waals surface area contributed by atoms with Crippen molar-refractivity contribution in [2.24, 2.45) is 0 Å². The molecular formula is C23H17ClFN3O2. The summed E-state index contributed by atoms with van der Waals surface area (Å²) in [6.07, 6.45) is 0.430. The summed E-state index contributed by atoms with van der Waals surface area (Å²) in [4.78, 5) is 16.5. The lowest BCUT2D eigenvalue weighted by Crippen LogP contribution is -2.12. The predicted octanol–water partition coefficient (Wildman–Crippen LogP) is 5.77. The third-order valence-corrected chi connectivity index (χ3v) is 4.78. The topological polar surface area (TPSA) is 68.0 Å². The van der Waals surface area contributed by atoms with E-state index in [2.05, 4.69) is 15.5 Å². The van der Waals surface area contributed by atoms with Crippen LogP contribution in [0.2, 0.25) is 5.02 Å². The highest BCUT2D eigenvalue weighted by molar-refractivity contribution is 6.31. The Hall–Kier alpha value is -3.51. The number of hydrogen-bond acceptors (Lipinski definition) is 4. The molecule has 0 spiro atoms. The lowest BCUT2D eigenvalue weighted by Gasteiger charge is -2.04. The van der Waals surface area contributed by atoms with Gasteiger partial charge >= 0.3 is 0 Å². The van der Waals surface area contributed by atoms with E-state index in [1.807, 2.05) is 54.6 Å². The number of carbonyl (C=O) groups excluding carboxylic acids is 1. The van der Waals surface area contributed by atoms with Crippen molar-refractivity contribution >= 4 is 23.2 Å². The molecule has 0 aliphatic heterocycles. The minimum Gasteiger partial charge on any atom is -0.339 e. The second-order valence-corrected chi connectivity index (χ2v) is 7.04. The molecule has 3 aromatic carbocycles. The van der Waals surface area contributed by atoms with Crippen LogP contribution in [0.25, 0.3) is 22.5 Å². The van der Waals surface area contributed by atoms with Gasteiger partial charge in [0.1, 0.15) is 5.82 Å². The molecule has 0 atom stereocenters. The maximum atomic E-state index is 13.2. The number of nitrogens with zero attached hydrogens (tertiary/aromatic N) is 2. The summed E-state index contributed by atoms with van der Waals surface area (Å²) >= 11 is 5.72. The van der Waals surface area contributed by atoms with Gasteiger partial charge in [0, 0.05) is 24.1 Å². The van der Waals surface area contributed by atoms with Gasteiger partial charge in [-0.05, 0) is 29.3 Å². The van der Waals surface area contributed by atoms with Crippen molar-refractivity contribution in [2.75, 3.05) is 5.32 Å². The van der Waals surface area contributed by atoms with Crippen LogP contribution in [0, 0.1) is 5.82 Å². The number of aromatic nitrogens is 2. The quantitative estimate of drug-likeness (QED) is 0.429. The molecule has 0 radical (unpaired) electrons. The van der Waals surface area contributed by atoms with E-state index in [0.717, 1.165) is 16.7 Å². The van der Waals surface area contributed by atoms with Gasteiger partial charge in [-0.1, -0.05) is 71.4 Å². The molecule has 0 aliphatic carbocycles. The van der Waals surface area contributed by atoms with Gasteiger partial charge in [0.15, 0.2) is 0 Å². The SMILES string of the molecule is O=C(CCc1nc(-c2ccc(-c3ccccc3)cc2)no1)Nc1ccc(F)c(Cl)c1.